The number of aliphatic hydroxyl groups excluding tert-OH is 1. The molecule has 2 aromatic heterocycles. The van der Waals surface area contributed by atoms with Crippen molar-refractivity contribution < 1.29 is 19.0 Å². The van der Waals surface area contributed by atoms with Crippen LogP contribution in [0.3, 0.4) is 0 Å². The fourth-order valence-electron chi connectivity index (χ4n) is 5.96. The Labute approximate surface area is 261 Å². The van der Waals surface area contributed by atoms with Crippen LogP contribution in [0.25, 0.3) is 22.4 Å². The van der Waals surface area contributed by atoms with Gasteiger partial charge in [0.15, 0.2) is 0 Å². The molecule has 2 aliphatic rings. The first-order valence-corrected chi connectivity index (χ1v) is 14.6. The van der Waals surface area contributed by atoms with Gasteiger partial charge in [-0.15, -0.1) is 0 Å². The Hall–Kier alpha value is -4.03. The molecule has 228 valence electrons. The van der Waals surface area contributed by atoms with Crippen molar-refractivity contribution >= 4 is 34.8 Å². The standard InChI is InChI=1S/C31H28Cl2FN5O5/c1-37-14-19(30(42)38(2)31(37)43)28(41)35-21-6-4-5-18(26(21)32)25-20(34)9-8-17(27(25)33)22-11-15-7-10-23(39-12-16(40)13-39)24(15)29(36-22)44-3/h4-6,8-9,11,14,16,23,40H,7,10,12-13H2,1-3H3,(H,35,41). The van der Waals surface area contributed by atoms with Gasteiger partial charge in [-0.05, 0) is 42.7 Å². The van der Waals surface area contributed by atoms with Crippen LogP contribution in [0.1, 0.15) is 33.9 Å². The van der Waals surface area contributed by atoms with Crippen LogP contribution in [0, 0.1) is 5.82 Å². The number of amides is 1. The second-order valence-electron chi connectivity index (χ2n) is 11.0. The van der Waals surface area contributed by atoms with Crippen molar-refractivity contribution in [3.05, 3.63) is 96.0 Å². The SMILES string of the molecule is COc1nc(-c2ccc(F)c(-c3cccc(NC(=O)c4cn(C)c(=O)n(C)c4=O)c3Cl)c2Cl)cc2c1C(N1CC(O)C1)CC2. The Kier molecular flexibility index (Phi) is 7.83. The van der Waals surface area contributed by atoms with Crippen molar-refractivity contribution in [2.45, 2.75) is 25.0 Å². The molecule has 1 atom stereocenters. The molecule has 3 heterocycles. The molecule has 1 aliphatic heterocycles. The number of nitrogens with zero attached hydrogens (tertiary/aromatic N) is 4. The first kappa shape index (κ1) is 30.0. The monoisotopic (exact) mass is 639 g/mol. The van der Waals surface area contributed by atoms with E-state index in [1.807, 2.05) is 6.07 Å². The van der Waals surface area contributed by atoms with Gasteiger partial charge >= 0.3 is 5.69 Å². The zero-order valence-corrected chi connectivity index (χ0v) is 25.5. The third-order valence-electron chi connectivity index (χ3n) is 8.23. The summed E-state index contributed by atoms with van der Waals surface area (Å²) in [4.78, 5) is 44.6. The number of likely N-dealkylation sites (tertiary alicyclic amines) is 1. The van der Waals surface area contributed by atoms with E-state index in [4.69, 9.17) is 32.9 Å². The molecule has 1 unspecified atom stereocenters. The highest BCUT2D eigenvalue weighted by Gasteiger charge is 2.38. The number of aromatic nitrogens is 3. The molecule has 1 amide bonds. The highest BCUT2D eigenvalue weighted by Crippen LogP contribution is 2.46. The number of hydrogen-bond acceptors (Lipinski definition) is 7. The summed E-state index contributed by atoms with van der Waals surface area (Å²) in [5.41, 5.74) is 1.72. The Morgan fingerprint density at radius 1 is 1.11 bits per heavy atom. The first-order chi connectivity index (χ1) is 21.0. The van der Waals surface area contributed by atoms with Crippen LogP contribution in [0.4, 0.5) is 10.1 Å². The number of nitrogens with one attached hydrogen (secondary N) is 1. The lowest BCUT2D eigenvalue weighted by atomic mass is 9.98. The summed E-state index contributed by atoms with van der Waals surface area (Å²) in [5, 5.41) is 12.5. The summed E-state index contributed by atoms with van der Waals surface area (Å²) in [6.45, 7) is 1.20. The minimum atomic E-state index is -0.791. The number of aryl methyl sites for hydroxylation is 2. The molecule has 1 fully saturated rings. The number of pyridine rings is 1. The molecule has 2 N–H and O–H groups in total. The number of methoxy groups -OCH3 is 1. The van der Waals surface area contributed by atoms with Crippen molar-refractivity contribution in [2.75, 3.05) is 25.5 Å². The minimum Gasteiger partial charge on any atom is -0.481 e. The van der Waals surface area contributed by atoms with Gasteiger partial charge in [0.05, 0.1) is 34.6 Å². The molecule has 1 aliphatic carbocycles. The average Bonchev–Trinajstić information content (AvgIpc) is 3.41. The Morgan fingerprint density at radius 2 is 1.86 bits per heavy atom. The fourth-order valence-corrected chi connectivity index (χ4v) is 6.58. The van der Waals surface area contributed by atoms with Crippen molar-refractivity contribution in [1.82, 2.24) is 19.0 Å². The van der Waals surface area contributed by atoms with E-state index in [1.54, 1.807) is 25.3 Å². The summed E-state index contributed by atoms with van der Waals surface area (Å²) >= 11 is 13.6. The number of benzene rings is 2. The number of rotatable bonds is 6. The number of aliphatic hydroxyl groups is 1. The van der Waals surface area contributed by atoms with E-state index in [0.29, 0.717) is 30.2 Å². The van der Waals surface area contributed by atoms with Crippen LogP contribution in [-0.2, 0) is 20.5 Å². The maximum atomic E-state index is 15.5. The molecule has 0 radical (unpaired) electrons. The van der Waals surface area contributed by atoms with Gasteiger partial charge in [0.1, 0.15) is 11.4 Å². The maximum Gasteiger partial charge on any atom is 0.330 e. The highest BCUT2D eigenvalue weighted by molar-refractivity contribution is 6.39. The van der Waals surface area contributed by atoms with Crippen LogP contribution in [0.5, 0.6) is 5.88 Å². The van der Waals surface area contributed by atoms with Gasteiger partial charge in [-0.3, -0.25) is 19.1 Å². The predicted octanol–water partition coefficient (Wildman–Crippen LogP) is 4.18. The second-order valence-corrected chi connectivity index (χ2v) is 11.7. The molecule has 0 bridgehead atoms. The average molecular weight is 640 g/mol. The number of halogens is 3. The van der Waals surface area contributed by atoms with Gasteiger partial charge in [-0.25, -0.2) is 14.2 Å². The smallest absolute Gasteiger partial charge is 0.330 e. The number of carbonyl (C=O) groups is 1. The maximum absolute atomic E-state index is 15.5. The van der Waals surface area contributed by atoms with Crippen molar-refractivity contribution in [1.29, 1.82) is 0 Å². The zero-order chi connectivity index (χ0) is 31.4. The molecule has 1 saturated heterocycles. The fraction of sp³-hybridized carbons (Fsp3) is 0.290. The minimum absolute atomic E-state index is 0.000450. The Morgan fingerprint density at radius 3 is 2.57 bits per heavy atom. The van der Waals surface area contributed by atoms with Gasteiger partial charge in [0.25, 0.3) is 11.5 Å². The molecule has 44 heavy (non-hydrogen) atoms. The summed E-state index contributed by atoms with van der Waals surface area (Å²) in [5.74, 6) is -0.975. The van der Waals surface area contributed by atoms with E-state index in [2.05, 4.69) is 10.2 Å². The third-order valence-corrected chi connectivity index (χ3v) is 9.03. The largest absolute Gasteiger partial charge is 0.481 e. The number of anilines is 1. The topological polar surface area (TPSA) is 119 Å². The highest BCUT2D eigenvalue weighted by atomic mass is 35.5. The molecule has 0 saturated carbocycles. The third kappa shape index (κ3) is 4.99. The van der Waals surface area contributed by atoms with Gasteiger partial charge in [0, 0.05) is 61.7 Å². The van der Waals surface area contributed by atoms with Crippen LogP contribution in [0.2, 0.25) is 10.0 Å². The number of fused-ring (bicyclic) bond motifs is 1. The number of carbonyl (C=O) groups excluding carboxylic acids is 1. The lowest BCUT2D eigenvalue weighted by Gasteiger charge is -2.40. The summed E-state index contributed by atoms with van der Waals surface area (Å²) in [7, 11) is 4.24. The molecule has 0 spiro atoms. The van der Waals surface area contributed by atoms with E-state index < -0.39 is 23.0 Å². The van der Waals surface area contributed by atoms with E-state index in [9.17, 15) is 19.5 Å². The van der Waals surface area contributed by atoms with E-state index >= 15 is 4.39 Å². The van der Waals surface area contributed by atoms with Crippen molar-refractivity contribution in [3.8, 4) is 28.3 Å². The summed E-state index contributed by atoms with van der Waals surface area (Å²) < 4.78 is 23.1. The molecule has 13 heteroatoms. The molecular formula is C31H28Cl2FN5O5. The number of ether oxygens (including phenoxy) is 1. The molecule has 6 rings (SSSR count). The van der Waals surface area contributed by atoms with Crippen LogP contribution in [-0.4, -0.2) is 56.3 Å². The van der Waals surface area contributed by atoms with Gasteiger partial charge in [0.2, 0.25) is 5.88 Å². The lowest BCUT2D eigenvalue weighted by molar-refractivity contribution is -0.0256. The Balaban J connectivity index is 1.37. The number of β-amino-alcohol motifs (C(OH)–C–C–N with tert-alkyl or cyclic N) is 1. The van der Waals surface area contributed by atoms with Gasteiger partial charge in [-0.1, -0.05) is 35.3 Å². The molecule has 10 nitrogen and oxygen atoms in total. The second kappa shape index (κ2) is 11.5. The molecule has 4 aromatic rings. The summed E-state index contributed by atoms with van der Waals surface area (Å²) in [6, 6.07) is 9.50. The van der Waals surface area contributed by atoms with E-state index in [-0.39, 0.29) is 44.6 Å². The normalized spacial score (nSPS) is 16.5. The van der Waals surface area contributed by atoms with Crippen LogP contribution < -0.4 is 21.3 Å². The van der Waals surface area contributed by atoms with E-state index in [0.717, 1.165) is 39.3 Å². The van der Waals surface area contributed by atoms with Gasteiger partial charge < -0.3 is 19.7 Å². The van der Waals surface area contributed by atoms with Crippen LogP contribution >= 0.6 is 23.2 Å². The number of hydrogen-bond donors (Lipinski definition) is 2. The molecular weight excluding hydrogens is 612 g/mol. The first-order valence-electron chi connectivity index (χ1n) is 13.8. The predicted molar refractivity (Wildman–Crippen MR) is 165 cm³/mol. The van der Waals surface area contributed by atoms with Crippen molar-refractivity contribution in [3.63, 3.8) is 0 Å². The Bertz CT molecular complexity index is 1950. The van der Waals surface area contributed by atoms with Crippen molar-refractivity contribution in [2.24, 2.45) is 14.1 Å². The van der Waals surface area contributed by atoms with Gasteiger partial charge in [-0.2, -0.15) is 0 Å². The zero-order valence-electron chi connectivity index (χ0n) is 24.0. The quantitative estimate of drug-likeness (QED) is 0.325. The summed E-state index contributed by atoms with van der Waals surface area (Å²) in [6.07, 6.45) is 2.47. The lowest BCUT2D eigenvalue weighted by Crippen LogP contribution is -2.51. The molecule has 2 aromatic carbocycles. The van der Waals surface area contributed by atoms with E-state index in [1.165, 1.54) is 26.2 Å². The van der Waals surface area contributed by atoms with Crippen LogP contribution in [0.15, 0.2) is 52.2 Å².